The first-order valence-electron chi connectivity index (χ1n) is 7.15. The highest BCUT2D eigenvalue weighted by Gasteiger charge is 2.32. The Morgan fingerprint density at radius 1 is 1.38 bits per heavy atom. The van der Waals surface area contributed by atoms with Crippen LogP contribution in [-0.4, -0.2) is 78.4 Å². The summed E-state index contributed by atoms with van der Waals surface area (Å²) in [5.74, 6) is 1.16. The molecule has 0 aromatic carbocycles. The van der Waals surface area contributed by atoms with E-state index in [-0.39, 0.29) is 12.5 Å². The van der Waals surface area contributed by atoms with Crippen molar-refractivity contribution in [1.82, 2.24) is 15.1 Å². The first-order chi connectivity index (χ1) is 10.1. The zero-order valence-corrected chi connectivity index (χ0v) is 12.0. The molecule has 2 aliphatic rings. The summed E-state index contributed by atoms with van der Waals surface area (Å²) in [6.07, 6.45) is 6.01. The van der Waals surface area contributed by atoms with Crippen molar-refractivity contribution in [3.05, 3.63) is 0 Å². The molecule has 2 rings (SSSR count). The summed E-state index contributed by atoms with van der Waals surface area (Å²) in [5.41, 5.74) is 0. The number of carbonyl (C=O) groups excluding carboxylic acids is 1. The number of terminal acetylenes is 1. The van der Waals surface area contributed by atoms with Crippen molar-refractivity contribution < 1.29 is 19.4 Å². The normalized spacial score (nSPS) is 24.3. The smallest absolute Gasteiger partial charge is 0.327 e. The Bertz CT molecular complexity index is 428. The third-order valence-electron chi connectivity index (χ3n) is 3.93. The van der Waals surface area contributed by atoms with Crippen molar-refractivity contribution in [1.29, 1.82) is 0 Å². The SMILES string of the molecule is C#CCC(NC(=O)N1CCC(N2CCOCC2)C1)C(=O)O. The second kappa shape index (κ2) is 7.29. The third-order valence-corrected chi connectivity index (χ3v) is 3.93. The van der Waals surface area contributed by atoms with E-state index in [4.69, 9.17) is 16.3 Å². The summed E-state index contributed by atoms with van der Waals surface area (Å²) in [7, 11) is 0. The molecule has 7 heteroatoms. The Labute approximate surface area is 124 Å². The van der Waals surface area contributed by atoms with Gasteiger partial charge in [-0.25, -0.2) is 9.59 Å². The molecule has 2 aliphatic heterocycles. The van der Waals surface area contributed by atoms with E-state index >= 15 is 0 Å². The van der Waals surface area contributed by atoms with Gasteiger partial charge in [-0.15, -0.1) is 12.3 Å². The fourth-order valence-corrected chi connectivity index (χ4v) is 2.73. The minimum Gasteiger partial charge on any atom is -0.480 e. The van der Waals surface area contributed by atoms with Crippen LogP contribution in [0.5, 0.6) is 0 Å². The number of hydrogen-bond acceptors (Lipinski definition) is 4. The molecular weight excluding hydrogens is 274 g/mol. The Hall–Kier alpha value is -1.78. The van der Waals surface area contributed by atoms with Crippen LogP contribution < -0.4 is 5.32 Å². The van der Waals surface area contributed by atoms with Crippen LogP contribution in [-0.2, 0) is 9.53 Å². The van der Waals surface area contributed by atoms with Crippen LogP contribution in [0.4, 0.5) is 4.79 Å². The number of rotatable bonds is 4. The maximum absolute atomic E-state index is 12.1. The van der Waals surface area contributed by atoms with Crippen molar-refractivity contribution in [2.24, 2.45) is 0 Å². The van der Waals surface area contributed by atoms with Gasteiger partial charge < -0.3 is 20.1 Å². The molecule has 0 spiro atoms. The van der Waals surface area contributed by atoms with Gasteiger partial charge in [0, 0.05) is 38.6 Å². The van der Waals surface area contributed by atoms with E-state index < -0.39 is 12.0 Å². The van der Waals surface area contributed by atoms with Gasteiger partial charge in [-0.3, -0.25) is 4.90 Å². The van der Waals surface area contributed by atoms with Crippen LogP contribution in [0.25, 0.3) is 0 Å². The average Bonchev–Trinajstić information content (AvgIpc) is 2.97. The molecule has 0 aliphatic carbocycles. The van der Waals surface area contributed by atoms with Gasteiger partial charge in [-0.1, -0.05) is 0 Å². The second-order valence-corrected chi connectivity index (χ2v) is 5.29. The molecule has 2 unspecified atom stereocenters. The number of carboxylic acids is 1. The molecule has 0 bridgehead atoms. The Balaban J connectivity index is 1.84. The quantitative estimate of drug-likeness (QED) is 0.688. The molecule has 2 atom stereocenters. The maximum Gasteiger partial charge on any atom is 0.327 e. The van der Waals surface area contributed by atoms with Gasteiger partial charge in [0.15, 0.2) is 0 Å². The highest BCUT2D eigenvalue weighted by Crippen LogP contribution is 2.17. The number of morpholine rings is 1. The molecule has 0 aromatic heterocycles. The van der Waals surface area contributed by atoms with E-state index in [0.717, 1.165) is 32.7 Å². The monoisotopic (exact) mass is 295 g/mol. The number of carboxylic acid groups (broad SMARTS) is 1. The summed E-state index contributed by atoms with van der Waals surface area (Å²) in [6, 6.07) is -1.05. The molecule has 0 saturated carbocycles. The van der Waals surface area contributed by atoms with Crippen LogP contribution in [0.1, 0.15) is 12.8 Å². The summed E-state index contributed by atoms with van der Waals surface area (Å²) in [5, 5.41) is 11.5. The number of urea groups is 1. The fraction of sp³-hybridized carbons (Fsp3) is 0.714. The van der Waals surface area contributed by atoms with Crippen molar-refractivity contribution in [2.45, 2.75) is 24.9 Å². The fourth-order valence-electron chi connectivity index (χ4n) is 2.73. The third kappa shape index (κ3) is 4.09. The molecule has 0 aromatic rings. The van der Waals surface area contributed by atoms with Gasteiger partial charge in [0.2, 0.25) is 0 Å². The first-order valence-corrected chi connectivity index (χ1v) is 7.15. The molecule has 2 fully saturated rings. The minimum absolute atomic E-state index is 0.0121. The lowest BCUT2D eigenvalue weighted by Crippen LogP contribution is -2.49. The zero-order chi connectivity index (χ0) is 15.2. The van der Waals surface area contributed by atoms with Crippen LogP contribution in [0, 0.1) is 12.3 Å². The van der Waals surface area contributed by atoms with Crippen LogP contribution in [0.3, 0.4) is 0 Å². The van der Waals surface area contributed by atoms with E-state index in [2.05, 4.69) is 16.1 Å². The highest BCUT2D eigenvalue weighted by molar-refractivity contribution is 5.83. The van der Waals surface area contributed by atoms with Crippen LogP contribution in [0.15, 0.2) is 0 Å². The van der Waals surface area contributed by atoms with Crippen molar-refractivity contribution in [3.8, 4) is 12.3 Å². The van der Waals surface area contributed by atoms with E-state index in [1.807, 2.05) is 0 Å². The highest BCUT2D eigenvalue weighted by atomic mass is 16.5. The summed E-state index contributed by atoms with van der Waals surface area (Å²) in [6.45, 7) is 4.48. The molecule has 2 saturated heterocycles. The predicted molar refractivity (Wildman–Crippen MR) is 75.8 cm³/mol. The lowest BCUT2D eigenvalue weighted by atomic mass is 10.2. The van der Waals surface area contributed by atoms with E-state index in [9.17, 15) is 9.59 Å². The van der Waals surface area contributed by atoms with Gasteiger partial charge in [-0.2, -0.15) is 0 Å². The second-order valence-electron chi connectivity index (χ2n) is 5.29. The number of nitrogens with zero attached hydrogens (tertiary/aromatic N) is 2. The molecular formula is C14H21N3O4. The minimum atomic E-state index is -1.11. The van der Waals surface area contributed by atoms with E-state index in [1.165, 1.54) is 0 Å². The average molecular weight is 295 g/mol. The van der Waals surface area contributed by atoms with Gasteiger partial charge in [-0.05, 0) is 6.42 Å². The molecule has 2 amide bonds. The molecule has 0 radical (unpaired) electrons. The maximum atomic E-state index is 12.1. The Morgan fingerprint density at radius 3 is 2.71 bits per heavy atom. The van der Waals surface area contributed by atoms with Crippen molar-refractivity contribution in [2.75, 3.05) is 39.4 Å². The summed E-state index contributed by atoms with van der Waals surface area (Å²) >= 11 is 0. The van der Waals surface area contributed by atoms with Crippen LogP contribution >= 0.6 is 0 Å². The number of carbonyl (C=O) groups is 2. The molecule has 21 heavy (non-hydrogen) atoms. The van der Waals surface area contributed by atoms with E-state index in [1.54, 1.807) is 4.90 Å². The van der Waals surface area contributed by atoms with Gasteiger partial charge in [0.05, 0.1) is 13.2 Å². The molecule has 116 valence electrons. The standard InChI is InChI=1S/C14H21N3O4/c1-2-3-12(13(18)19)15-14(20)17-5-4-11(10-17)16-6-8-21-9-7-16/h1,11-12H,3-10H2,(H,15,20)(H,18,19). The van der Waals surface area contributed by atoms with E-state index in [0.29, 0.717) is 19.1 Å². The van der Waals surface area contributed by atoms with Gasteiger partial charge >= 0.3 is 12.0 Å². The molecule has 2 heterocycles. The topological polar surface area (TPSA) is 82.1 Å². The largest absolute Gasteiger partial charge is 0.480 e. The van der Waals surface area contributed by atoms with Gasteiger partial charge in [0.1, 0.15) is 6.04 Å². The summed E-state index contributed by atoms with van der Waals surface area (Å²) < 4.78 is 5.32. The Kier molecular flexibility index (Phi) is 5.42. The number of hydrogen-bond donors (Lipinski definition) is 2. The van der Waals surface area contributed by atoms with Crippen LogP contribution in [0.2, 0.25) is 0 Å². The predicted octanol–water partition coefficient (Wildman–Crippen LogP) is -0.421. The number of nitrogens with one attached hydrogen (secondary N) is 1. The zero-order valence-electron chi connectivity index (χ0n) is 12.0. The number of likely N-dealkylation sites (tertiary alicyclic amines) is 1. The lowest BCUT2D eigenvalue weighted by Gasteiger charge is -2.32. The lowest BCUT2D eigenvalue weighted by molar-refractivity contribution is -0.139. The number of amides is 2. The molecule has 7 nitrogen and oxygen atoms in total. The number of aliphatic carboxylic acids is 1. The molecule has 2 N–H and O–H groups in total. The van der Waals surface area contributed by atoms with Gasteiger partial charge in [0.25, 0.3) is 0 Å². The Morgan fingerprint density at radius 2 is 2.10 bits per heavy atom. The van der Waals surface area contributed by atoms with Crippen molar-refractivity contribution >= 4 is 12.0 Å². The number of ether oxygens (including phenoxy) is 1. The summed E-state index contributed by atoms with van der Waals surface area (Å²) in [4.78, 5) is 27.1. The van der Waals surface area contributed by atoms with Crippen molar-refractivity contribution in [3.63, 3.8) is 0 Å². The first kappa shape index (κ1) is 15.6.